The first-order valence-corrected chi connectivity index (χ1v) is 7.68. The van der Waals surface area contributed by atoms with Gasteiger partial charge in [0, 0.05) is 11.1 Å². The number of ether oxygens (including phenoxy) is 1. The van der Waals surface area contributed by atoms with Gasteiger partial charge in [0.2, 0.25) is 0 Å². The highest BCUT2D eigenvalue weighted by Crippen LogP contribution is 2.30. The first-order valence-electron chi connectivity index (χ1n) is 7.68. The van der Waals surface area contributed by atoms with Crippen molar-refractivity contribution in [3.8, 4) is 0 Å². The van der Waals surface area contributed by atoms with Gasteiger partial charge in [-0.2, -0.15) is 13.2 Å². The molecule has 0 aromatic heterocycles. The third-order valence-corrected chi connectivity index (χ3v) is 3.51. The zero-order valence-corrected chi connectivity index (χ0v) is 13.8. The highest BCUT2D eigenvalue weighted by Gasteiger charge is 2.30. The van der Waals surface area contributed by atoms with Gasteiger partial charge in [-0.25, -0.2) is 4.79 Å². The van der Waals surface area contributed by atoms with E-state index >= 15 is 0 Å². The summed E-state index contributed by atoms with van der Waals surface area (Å²) in [7, 11) is 0. The maximum Gasteiger partial charge on any atom is 0.416 e. The summed E-state index contributed by atoms with van der Waals surface area (Å²) >= 11 is 0. The molecule has 0 aliphatic heterocycles. The maximum absolute atomic E-state index is 12.7. The van der Waals surface area contributed by atoms with Crippen molar-refractivity contribution in [2.45, 2.75) is 13.1 Å². The van der Waals surface area contributed by atoms with Crippen LogP contribution in [0.15, 0.2) is 60.2 Å². The molecule has 2 aromatic carbocycles. The number of nitrogens with one attached hydrogen (secondary N) is 1. The van der Waals surface area contributed by atoms with E-state index in [1.165, 1.54) is 12.1 Å². The van der Waals surface area contributed by atoms with E-state index < -0.39 is 34.8 Å². The highest BCUT2D eigenvalue weighted by atomic mass is 19.4. The predicted molar refractivity (Wildman–Crippen MR) is 90.9 cm³/mol. The maximum atomic E-state index is 12.7. The summed E-state index contributed by atoms with van der Waals surface area (Å²) in [6.07, 6.45) is -4.51. The minimum absolute atomic E-state index is 0.0185. The van der Waals surface area contributed by atoms with Crippen LogP contribution in [0, 0.1) is 5.41 Å². The lowest BCUT2D eigenvalue weighted by atomic mass is 9.97. The molecule has 0 aliphatic rings. The van der Waals surface area contributed by atoms with Crippen molar-refractivity contribution in [1.82, 2.24) is 0 Å². The van der Waals surface area contributed by atoms with Crippen molar-refractivity contribution in [3.63, 3.8) is 0 Å². The lowest BCUT2D eigenvalue weighted by Gasteiger charge is -2.13. The Labute approximate surface area is 148 Å². The molecule has 0 atom stereocenters. The van der Waals surface area contributed by atoms with E-state index in [2.05, 4.69) is 0 Å². The first kappa shape index (κ1) is 19.2. The van der Waals surface area contributed by atoms with Crippen LogP contribution in [0.2, 0.25) is 0 Å². The number of alkyl halides is 3. The van der Waals surface area contributed by atoms with E-state index in [1.807, 2.05) is 0 Å². The van der Waals surface area contributed by atoms with E-state index in [0.717, 1.165) is 24.3 Å². The normalized spacial score (nSPS) is 12.3. The molecule has 0 saturated heterocycles. The number of aliphatic hydroxyl groups excluding tert-OH is 1. The minimum atomic E-state index is -4.51. The van der Waals surface area contributed by atoms with Crippen molar-refractivity contribution < 1.29 is 27.8 Å². The fourth-order valence-electron chi connectivity index (χ4n) is 2.23. The number of aliphatic hydroxyl groups is 1. The Balaban J connectivity index is 2.49. The Bertz CT molecular complexity index is 825. The third kappa shape index (κ3) is 4.30. The fraction of sp³-hybridized carbons (Fsp3) is 0.158. The highest BCUT2D eigenvalue weighted by molar-refractivity contribution is 6.29. The van der Waals surface area contributed by atoms with Crippen molar-refractivity contribution in [1.29, 1.82) is 5.41 Å². The van der Waals surface area contributed by atoms with E-state index in [1.54, 1.807) is 25.1 Å². The van der Waals surface area contributed by atoms with Crippen LogP contribution >= 0.6 is 0 Å². The van der Waals surface area contributed by atoms with Crippen molar-refractivity contribution in [2.24, 2.45) is 0 Å². The van der Waals surface area contributed by atoms with E-state index in [4.69, 9.17) is 10.1 Å². The second-order valence-corrected chi connectivity index (χ2v) is 5.26. The Hall–Kier alpha value is -3.09. The summed E-state index contributed by atoms with van der Waals surface area (Å²) in [5.41, 5.74) is -1.39. The molecular formula is C19H16F3NO3. The predicted octanol–water partition coefficient (Wildman–Crippen LogP) is 4.61. The number of esters is 1. The average molecular weight is 363 g/mol. The van der Waals surface area contributed by atoms with Crippen molar-refractivity contribution >= 4 is 17.4 Å². The zero-order chi connectivity index (χ0) is 19.3. The summed E-state index contributed by atoms with van der Waals surface area (Å²) in [5, 5.41) is 18.7. The molecule has 2 rings (SSSR count). The van der Waals surface area contributed by atoms with E-state index in [0.29, 0.717) is 0 Å². The molecule has 0 aliphatic carbocycles. The molecule has 26 heavy (non-hydrogen) atoms. The molecule has 136 valence electrons. The van der Waals surface area contributed by atoms with E-state index in [-0.39, 0.29) is 17.7 Å². The number of carbonyl (C=O) groups is 1. The summed E-state index contributed by atoms with van der Waals surface area (Å²) < 4.78 is 42.9. The molecule has 7 heteroatoms. The number of hydrogen-bond donors (Lipinski definition) is 2. The number of carbonyl (C=O) groups excluding carboxylic acids is 1. The Morgan fingerprint density at radius 1 is 1.04 bits per heavy atom. The van der Waals surface area contributed by atoms with Gasteiger partial charge < -0.3 is 9.84 Å². The zero-order valence-electron chi connectivity index (χ0n) is 13.8. The SMILES string of the molecule is CCOC(=O)C(C(=N)c1ccc(C(F)(F)F)cc1)=C(O)c1ccccc1. The summed E-state index contributed by atoms with van der Waals surface area (Å²) in [5.74, 6) is -1.41. The monoisotopic (exact) mass is 363 g/mol. The van der Waals surface area contributed by atoms with Gasteiger partial charge in [0.1, 0.15) is 11.3 Å². The van der Waals surface area contributed by atoms with Crippen LogP contribution in [0.5, 0.6) is 0 Å². The molecular weight excluding hydrogens is 347 g/mol. The average Bonchev–Trinajstić information content (AvgIpc) is 2.62. The Morgan fingerprint density at radius 3 is 2.12 bits per heavy atom. The van der Waals surface area contributed by atoms with Crippen LogP contribution in [0.3, 0.4) is 0 Å². The van der Waals surface area contributed by atoms with Gasteiger partial charge in [-0.1, -0.05) is 42.5 Å². The lowest BCUT2D eigenvalue weighted by molar-refractivity contribution is -0.138. The van der Waals surface area contributed by atoms with Gasteiger partial charge in [0.15, 0.2) is 0 Å². The molecule has 0 radical (unpaired) electrons. The summed E-state index contributed by atoms with van der Waals surface area (Å²) in [6, 6.07) is 11.8. The molecule has 0 amide bonds. The number of benzene rings is 2. The van der Waals surface area contributed by atoms with Crippen LogP contribution in [0.25, 0.3) is 5.76 Å². The summed E-state index contributed by atoms with van der Waals surface area (Å²) in [6.45, 7) is 1.58. The first-order chi connectivity index (χ1) is 12.3. The van der Waals surface area contributed by atoms with Crippen LogP contribution < -0.4 is 0 Å². The lowest BCUT2D eigenvalue weighted by Crippen LogP contribution is -2.18. The largest absolute Gasteiger partial charge is 0.506 e. The quantitative estimate of drug-likeness (QED) is 0.353. The van der Waals surface area contributed by atoms with Gasteiger partial charge in [0.05, 0.1) is 17.9 Å². The van der Waals surface area contributed by atoms with Crippen LogP contribution in [-0.2, 0) is 15.7 Å². The smallest absolute Gasteiger partial charge is 0.416 e. The molecule has 0 saturated carbocycles. The molecule has 0 spiro atoms. The molecule has 0 unspecified atom stereocenters. The molecule has 2 N–H and O–H groups in total. The molecule has 0 heterocycles. The third-order valence-electron chi connectivity index (χ3n) is 3.51. The van der Waals surface area contributed by atoms with Crippen LogP contribution in [0.1, 0.15) is 23.6 Å². The molecule has 4 nitrogen and oxygen atoms in total. The van der Waals surface area contributed by atoms with Crippen LogP contribution in [-0.4, -0.2) is 23.4 Å². The number of rotatable bonds is 5. The van der Waals surface area contributed by atoms with Gasteiger partial charge in [-0.3, -0.25) is 5.41 Å². The minimum Gasteiger partial charge on any atom is -0.506 e. The second-order valence-electron chi connectivity index (χ2n) is 5.26. The van der Waals surface area contributed by atoms with Gasteiger partial charge in [-0.15, -0.1) is 0 Å². The molecule has 2 aromatic rings. The van der Waals surface area contributed by atoms with Crippen LogP contribution in [0.4, 0.5) is 13.2 Å². The van der Waals surface area contributed by atoms with Gasteiger partial charge >= 0.3 is 12.1 Å². The molecule has 0 bridgehead atoms. The molecule has 0 fully saturated rings. The van der Waals surface area contributed by atoms with E-state index in [9.17, 15) is 23.1 Å². The van der Waals surface area contributed by atoms with Gasteiger partial charge in [-0.05, 0) is 19.1 Å². The fourth-order valence-corrected chi connectivity index (χ4v) is 2.23. The summed E-state index contributed by atoms with van der Waals surface area (Å²) in [4.78, 5) is 12.2. The number of halogens is 3. The second kappa shape index (κ2) is 7.86. The topological polar surface area (TPSA) is 70.4 Å². The van der Waals surface area contributed by atoms with Crippen molar-refractivity contribution in [3.05, 3.63) is 76.9 Å². The standard InChI is InChI=1S/C19H16F3NO3/c1-2-26-18(25)15(17(24)13-6-4-3-5-7-13)16(23)12-8-10-14(11-9-12)19(20,21)22/h3-11,23-24H,2H2,1H3. The Morgan fingerprint density at radius 2 is 1.62 bits per heavy atom. The van der Waals surface area contributed by atoms with Crippen molar-refractivity contribution in [2.75, 3.05) is 6.61 Å². The number of hydrogen-bond acceptors (Lipinski definition) is 4. The Kier molecular flexibility index (Phi) is 5.82. The van der Waals surface area contributed by atoms with Gasteiger partial charge in [0.25, 0.3) is 0 Å².